The van der Waals surface area contributed by atoms with Crippen LogP contribution in [0.2, 0.25) is 18.1 Å². The second-order valence-electron chi connectivity index (χ2n) is 6.73. The molecular weight excluding hydrogens is 270 g/mol. The van der Waals surface area contributed by atoms with Gasteiger partial charge in [-0.3, -0.25) is 0 Å². The van der Waals surface area contributed by atoms with Gasteiger partial charge in [-0.2, -0.15) is 5.26 Å². The molecule has 0 N–H and O–H groups in total. The van der Waals surface area contributed by atoms with Crippen molar-refractivity contribution < 1.29 is 0 Å². The van der Waals surface area contributed by atoms with Gasteiger partial charge in [0.25, 0.3) is 0 Å². The Labute approximate surface area is 132 Å². The molecule has 21 heavy (non-hydrogen) atoms. The van der Waals surface area contributed by atoms with E-state index in [2.05, 4.69) is 25.1 Å². The number of benzene rings is 1. The molecule has 0 atom stereocenters. The van der Waals surface area contributed by atoms with Gasteiger partial charge < -0.3 is 0 Å². The summed E-state index contributed by atoms with van der Waals surface area (Å²) in [7, 11) is -0.342. The van der Waals surface area contributed by atoms with Crippen molar-refractivity contribution in [1.82, 2.24) is 0 Å². The van der Waals surface area contributed by atoms with Gasteiger partial charge in [0, 0.05) is 8.80 Å². The largest absolute Gasteiger partial charge is 0.192 e. The fraction of sp³-hybridized carbons (Fsp3) is 0.632. The first-order valence-corrected chi connectivity index (χ1v) is 11.3. The summed E-state index contributed by atoms with van der Waals surface area (Å²) in [5.74, 6) is 0.968. The summed E-state index contributed by atoms with van der Waals surface area (Å²) < 4.78 is 0. The predicted molar refractivity (Wildman–Crippen MR) is 93.3 cm³/mol. The molecule has 2 rings (SSSR count). The topological polar surface area (TPSA) is 23.8 Å². The minimum atomic E-state index is -0.342. The van der Waals surface area contributed by atoms with E-state index >= 15 is 0 Å². The normalized spacial score (nSPS) is 21.9. The van der Waals surface area contributed by atoms with Crippen LogP contribution in [0.15, 0.2) is 24.3 Å². The Morgan fingerprint density at radius 3 is 2.48 bits per heavy atom. The molecule has 1 heterocycles. The first-order valence-electron chi connectivity index (χ1n) is 8.81. The number of unbranched alkanes of at least 4 members (excludes halogenated alkanes) is 2. The molecule has 2 heteroatoms. The van der Waals surface area contributed by atoms with Gasteiger partial charge in [0.1, 0.15) is 0 Å². The highest BCUT2D eigenvalue weighted by atomic mass is 28.3. The van der Waals surface area contributed by atoms with Crippen LogP contribution in [-0.2, 0) is 6.42 Å². The third-order valence-corrected chi connectivity index (χ3v) is 8.63. The van der Waals surface area contributed by atoms with Gasteiger partial charge in [-0.25, -0.2) is 0 Å². The molecule has 1 aliphatic rings. The van der Waals surface area contributed by atoms with Crippen molar-refractivity contribution in [3.05, 3.63) is 35.4 Å². The van der Waals surface area contributed by atoms with E-state index in [0.717, 1.165) is 11.5 Å². The highest BCUT2D eigenvalue weighted by Gasteiger charge is 2.21. The summed E-state index contributed by atoms with van der Waals surface area (Å²) in [6.45, 7) is 2.31. The molecule has 0 aliphatic carbocycles. The summed E-state index contributed by atoms with van der Waals surface area (Å²) in [6, 6.07) is 15.2. The van der Waals surface area contributed by atoms with E-state index in [1.54, 1.807) is 18.1 Å². The molecule has 1 aliphatic heterocycles. The van der Waals surface area contributed by atoms with Crippen LogP contribution in [0.25, 0.3) is 0 Å². The maximum absolute atomic E-state index is 8.82. The van der Waals surface area contributed by atoms with E-state index in [-0.39, 0.29) is 8.80 Å². The first kappa shape index (κ1) is 16.3. The number of aryl methyl sites for hydroxylation is 1. The lowest BCUT2D eigenvalue weighted by Crippen LogP contribution is -2.21. The van der Waals surface area contributed by atoms with Crippen LogP contribution >= 0.6 is 0 Å². The zero-order chi connectivity index (χ0) is 14.9. The number of nitrogens with zero attached hydrogens (tertiary/aromatic N) is 1. The van der Waals surface area contributed by atoms with E-state index in [1.807, 2.05) is 12.1 Å². The average Bonchev–Trinajstić information content (AvgIpc) is 2.55. The molecular formula is C19H29NSi. The van der Waals surface area contributed by atoms with Gasteiger partial charge in [0.2, 0.25) is 0 Å². The SMILES string of the molecule is CCCCC[Si@H]1CC[C@H](CCc2ccc(C#N)cc2)CC1. The predicted octanol–water partition coefficient (Wildman–Crippen LogP) is 5.32. The molecule has 0 radical (unpaired) electrons. The molecule has 1 saturated heterocycles. The van der Waals surface area contributed by atoms with E-state index in [1.165, 1.54) is 50.5 Å². The fourth-order valence-corrected chi connectivity index (χ4v) is 7.23. The van der Waals surface area contributed by atoms with Crippen molar-refractivity contribution in [3.8, 4) is 6.07 Å². The lowest BCUT2D eigenvalue weighted by molar-refractivity contribution is 0.437. The van der Waals surface area contributed by atoms with Crippen molar-refractivity contribution >= 4 is 8.80 Å². The van der Waals surface area contributed by atoms with Crippen LogP contribution in [0.3, 0.4) is 0 Å². The maximum atomic E-state index is 8.82. The summed E-state index contributed by atoms with van der Waals surface area (Å²) in [6.07, 6.45) is 9.86. The van der Waals surface area contributed by atoms with Crippen molar-refractivity contribution in [1.29, 1.82) is 5.26 Å². The molecule has 0 amide bonds. The molecule has 1 aromatic rings. The lowest BCUT2D eigenvalue weighted by atomic mass is 9.94. The Bertz CT molecular complexity index is 438. The van der Waals surface area contributed by atoms with Gasteiger partial charge in [-0.1, -0.05) is 69.3 Å². The number of rotatable bonds is 7. The third kappa shape index (κ3) is 5.67. The molecule has 0 bridgehead atoms. The first-order chi connectivity index (χ1) is 10.3. The minimum Gasteiger partial charge on any atom is -0.192 e. The van der Waals surface area contributed by atoms with Crippen LogP contribution in [0.5, 0.6) is 0 Å². The molecule has 1 aromatic carbocycles. The van der Waals surface area contributed by atoms with E-state index in [0.29, 0.717) is 0 Å². The Morgan fingerprint density at radius 2 is 1.86 bits per heavy atom. The van der Waals surface area contributed by atoms with Gasteiger partial charge in [0.05, 0.1) is 11.6 Å². The lowest BCUT2D eigenvalue weighted by Gasteiger charge is -2.27. The smallest absolute Gasteiger partial charge is 0.0991 e. The monoisotopic (exact) mass is 299 g/mol. The summed E-state index contributed by atoms with van der Waals surface area (Å²) in [5, 5.41) is 8.82. The standard InChI is InChI=1S/C19H29NSi/c1-2-3-4-13-21-14-11-18(12-15-21)6-5-17-7-9-19(16-20)10-8-17/h7-10,18,21H,2-6,11-15H2,1H3/t18-,21-. The quantitative estimate of drug-likeness (QED) is 0.494. The summed E-state index contributed by atoms with van der Waals surface area (Å²) >= 11 is 0. The van der Waals surface area contributed by atoms with Gasteiger partial charge in [-0.05, 0) is 36.5 Å². The molecule has 1 fully saturated rings. The molecule has 0 spiro atoms. The molecule has 0 aromatic heterocycles. The summed E-state index contributed by atoms with van der Waals surface area (Å²) in [5.41, 5.74) is 2.17. The van der Waals surface area contributed by atoms with Crippen LogP contribution in [0.4, 0.5) is 0 Å². The van der Waals surface area contributed by atoms with E-state index in [9.17, 15) is 0 Å². The van der Waals surface area contributed by atoms with E-state index in [4.69, 9.17) is 5.26 Å². The summed E-state index contributed by atoms with van der Waals surface area (Å²) in [4.78, 5) is 0. The van der Waals surface area contributed by atoms with E-state index < -0.39 is 0 Å². The van der Waals surface area contributed by atoms with Gasteiger partial charge >= 0.3 is 0 Å². The number of hydrogen-bond donors (Lipinski definition) is 0. The van der Waals surface area contributed by atoms with Crippen LogP contribution in [0, 0.1) is 17.2 Å². The highest BCUT2D eigenvalue weighted by Crippen LogP contribution is 2.31. The molecule has 0 saturated carbocycles. The van der Waals surface area contributed by atoms with Crippen molar-refractivity contribution in [2.24, 2.45) is 5.92 Å². The Kier molecular flexibility index (Phi) is 7.02. The molecule has 0 unspecified atom stereocenters. The second kappa shape index (κ2) is 9.05. The molecule has 1 nitrogen and oxygen atoms in total. The number of hydrogen-bond acceptors (Lipinski definition) is 1. The maximum Gasteiger partial charge on any atom is 0.0991 e. The number of nitriles is 1. The van der Waals surface area contributed by atoms with Crippen LogP contribution < -0.4 is 0 Å². The van der Waals surface area contributed by atoms with Crippen molar-refractivity contribution in [2.75, 3.05) is 0 Å². The second-order valence-corrected chi connectivity index (χ2v) is 10.2. The van der Waals surface area contributed by atoms with Gasteiger partial charge in [-0.15, -0.1) is 0 Å². The van der Waals surface area contributed by atoms with Crippen LogP contribution in [-0.4, -0.2) is 8.80 Å². The highest BCUT2D eigenvalue weighted by molar-refractivity contribution is 6.58. The average molecular weight is 300 g/mol. The Balaban J connectivity index is 1.65. The minimum absolute atomic E-state index is 0.342. The Hall–Kier alpha value is -1.07. The van der Waals surface area contributed by atoms with Crippen molar-refractivity contribution in [2.45, 2.75) is 70.0 Å². The zero-order valence-corrected chi connectivity index (χ0v) is 14.6. The molecule has 114 valence electrons. The zero-order valence-electron chi connectivity index (χ0n) is 13.5. The van der Waals surface area contributed by atoms with Crippen molar-refractivity contribution in [3.63, 3.8) is 0 Å². The Morgan fingerprint density at radius 1 is 1.14 bits per heavy atom. The third-order valence-electron chi connectivity index (χ3n) is 5.11. The van der Waals surface area contributed by atoms with Gasteiger partial charge in [0.15, 0.2) is 0 Å². The van der Waals surface area contributed by atoms with Crippen LogP contribution in [0.1, 0.15) is 56.6 Å². The fourth-order valence-electron chi connectivity index (χ4n) is 3.61.